The van der Waals surface area contributed by atoms with E-state index < -0.39 is 0 Å². The van der Waals surface area contributed by atoms with Crippen molar-refractivity contribution in [1.29, 1.82) is 0 Å². The van der Waals surface area contributed by atoms with Crippen LogP contribution in [-0.4, -0.2) is 19.8 Å². The summed E-state index contributed by atoms with van der Waals surface area (Å²) < 4.78 is 6.82. The van der Waals surface area contributed by atoms with E-state index in [9.17, 15) is 0 Å². The molecule has 0 aromatic heterocycles. The SMILES string of the molecule is CCCNC(COCCC)c1ccccc1Br. The van der Waals surface area contributed by atoms with Gasteiger partial charge >= 0.3 is 0 Å². The maximum absolute atomic E-state index is 5.67. The molecule has 1 aromatic rings. The molecule has 2 nitrogen and oxygen atoms in total. The van der Waals surface area contributed by atoms with Crippen LogP contribution in [-0.2, 0) is 4.74 Å². The smallest absolute Gasteiger partial charge is 0.0661 e. The number of halogens is 1. The summed E-state index contributed by atoms with van der Waals surface area (Å²) in [6.07, 6.45) is 2.20. The fraction of sp³-hybridized carbons (Fsp3) is 0.571. The fourth-order valence-corrected chi connectivity index (χ4v) is 2.24. The van der Waals surface area contributed by atoms with E-state index in [2.05, 4.69) is 53.3 Å². The molecule has 1 N–H and O–H groups in total. The van der Waals surface area contributed by atoms with Gasteiger partial charge in [-0.05, 0) is 31.0 Å². The first-order chi connectivity index (χ1) is 8.29. The summed E-state index contributed by atoms with van der Waals surface area (Å²) in [4.78, 5) is 0. The monoisotopic (exact) mass is 299 g/mol. The number of hydrogen-bond acceptors (Lipinski definition) is 2. The molecule has 0 aliphatic heterocycles. The van der Waals surface area contributed by atoms with Crippen molar-refractivity contribution in [3.05, 3.63) is 34.3 Å². The van der Waals surface area contributed by atoms with Crippen molar-refractivity contribution in [2.75, 3.05) is 19.8 Å². The third kappa shape index (κ3) is 5.19. The van der Waals surface area contributed by atoms with Crippen LogP contribution >= 0.6 is 15.9 Å². The number of hydrogen-bond donors (Lipinski definition) is 1. The minimum absolute atomic E-state index is 0.275. The van der Waals surface area contributed by atoms with Crippen LogP contribution in [0.4, 0.5) is 0 Å². The average molecular weight is 300 g/mol. The lowest BCUT2D eigenvalue weighted by Gasteiger charge is -2.20. The predicted molar refractivity (Wildman–Crippen MR) is 76.3 cm³/mol. The second kappa shape index (κ2) is 8.67. The van der Waals surface area contributed by atoms with Crippen molar-refractivity contribution >= 4 is 15.9 Å². The van der Waals surface area contributed by atoms with Gasteiger partial charge < -0.3 is 10.1 Å². The molecule has 0 amide bonds. The summed E-state index contributed by atoms with van der Waals surface area (Å²) in [7, 11) is 0. The Morgan fingerprint density at radius 1 is 1.24 bits per heavy atom. The largest absolute Gasteiger partial charge is 0.379 e. The number of ether oxygens (including phenoxy) is 1. The van der Waals surface area contributed by atoms with Crippen molar-refractivity contribution in [1.82, 2.24) is 5.32 Å². The van der Waals surface area contributed by atoms with Gasteiger partial charge in [0.2, 0.25) is 0 Å². The lowest BCUT2D eigenvalue weighted by Crippen LogP contribution is -2.26. The molecular formula is C14H22BrNO. The minimum Gasteiger partial charge on any atom is -0.379 e. The topological polar surface area (TPSA) is 21.3 Å². The molecule has 0 fully saturated rings. The molecule has 17 heavy (non-hydrogen) atoms. The molecule has 0 heterocycles. The molecule has 0 radical (unpaired) electrons. The Morgan fingerprint density at radius 3 is 2.65 bits per heavy atom. The van der Waals surface area contributed by atoms with Crippen LogP contribution in [0, 0.1) is 0 Å². The van der Waals surface area contributed by atoms with E-state index in [1.807, 2.05) is 6.07 Å². The van der Waals surface area contributed by atoms with Crippen molar-refractivity contribution < 1.29 is 4.74 Å². The Bertz CT molecular complexity index is 317. The summed E-state index contributed by atoms with van der Waals surface area (Å²) in [6.45, 7) is 6.89. The molecule has 0 aliphatic carbocycles. The molecule has 0 spiro atoms. The van der Waals surface area contributed by atoms with E-state index in [1.165, 1.54) is 5.56 Å². The third-order valence-electron chi connectivity index (χ3n) is 2.55. The fourth-order valence-electron chi connectivity index (χ4n) is 1.68. The number of nitrogens with one attached hydrogen (secondary N) is 1. The summed E-state index contributed by atoms with van der Waals surface area (Å²) >= 11 is 3.60. The van der Waals surface area contributed by atoms with Crippen molar-refractivity contribution in [3.63, 3.8) is 0 Å². The molecule has 1 aromatic carbocycles. The van der Waals surface area contributed by atoms with Gasteiger partial charge in [0.25, 0.3) is 0 Å². The summed E-state index contributed by atoms with van der Waals surface area (Å²) in [5, 5.41) is 3.53. The zero-order valence-electron chi connectivity index (χ0n) is 10.7. The van der Waals surface area contributed by atoms with E-state index in [-0.39, 0.29) is 6.04 Å². The van der Waals surface area contributed by atoms with Crippen LogP contribution in [0.5, 0.6) is 0 Å². The molecule has 1 rings (SSSR count). The number of benzene rings is 1. The highest BCUT2D eigenvalue weighted by Gasteiger charge is 2.13. The number of rotatable bonds is 8. The van der Waals surface area contributed by atoms with Gasteiger partial charge in [-0.25, -0.2) is 0 Å². The van der Waals surface area contributed by atoms with Crippen LogP contribution in [0.2, 0.25) is 0 Å². The van der Waals surface area contributed by atoms with Gasteiger partial charge in [0.05, 0.1) is 12.6 Å². The minimum atomic E-state index is 0.275. The van der Waals surface area contributed by atoms with Gasteiger partial charge in [-0.3, -0.25) is 0 Å². The first kappa shape index (κ1) is 14.7. The van der Waals surface area contributed by atoms with Gasteiger partial charge in [0, 0.05) is 11.1 Å². The van der Waals surface area contributed by atoms with E-state index in [0.717, 1.165) is 37.1 Å². The Hall–Kier alpha value is -0.380. The zero-order valence-corrected chi connectivity index (χ0v) is 12.3. The summed E-state index contributed by atoms with van der Waals surface area (Å²) in [5.41, 5.74) is 1.28. The molecule has 0 bridgehead atoms. The molecule has 96 valence electrons. The molecule has 3 heteroatoms. The van der Waals surface area contributed by atoms with Gasteiger partial charge in [0.15, 0.2) is 0 Å². The summed E-state index contributed by atoms with van der Waals surface area (Å²) in [6, 6.07) is 8.61. The second-order valence-electron chi connectivity index (χ2n) is 4.10. The quantitative estimate of drug-likeness (QED) is 0.735. The molecule has 1 atom stereocenters. The summed E-state index contributed by atoms with van der Waals surface area (Å²) in [5.74, 6) is 0. The maximum atomic E-state index is 5.67. The Morgan fingerprint density at radius 2 is 2.00 bits per heavy atom. The van der Waals surface area contributed by atoms with E-state index in [1.54, 1.807) is 0 Å². The highest BCUT2D eigenvalue weighted by Crippen LogP contribution is 2.23. The Balaban J connectivity index is 2.64. The van der Waals surface area contributed by atoms with Crippen LogP contribution < -0.4 is 5.32 Å². The molecule has 0 aliphatic rings. The normalized spacial score (nSPS) is 12.6. The zero-order chi connectivity index (χ0) is 12.5. The third-order valence-corrected chi connectivity index (χ3v) is 3.28. The highest BCUT2D eigenvalue weighted by molar-refractivity contribution is 9.10. The van der Waals surface area contributed by atoms with Crippen LogP contribution in [0.3, 0.4) is 0 Å². The van der Waals surface area contributed by atoms with E-state index in [4.69, 9.17) is 4.74 Å². The molecular weight excluding hydrogens is 278 g/mol. The first-order valence-corrected chi connectivity index (χ1v) is 7.14. The van der Waals surface area contributed by atoms with Gasteiger partial charge in [-0.2, -0.15) is 0 Å². The van der Waals surface area contributed by atoms with Crippen LogP contribution in [0.25, 0.3) is 0 Å². The molecule has 1 unspecified atom stereocenters. The first-order valence-electron chi connectivity index (χ1n) is 6.35. The van der Waals surface area contributed by atoms with E-state index in [0.29, 0.717) is 0 Å². The Kier molecular flexibility index (Phi) is 7.49. The van der Waals surface area contributed by atoms with Crippen LogP contribution in [0.1, 0.15) is 38.3 Å². The van der Waals surface area contributed by atoms with Gasteiger partial charge in [-0.15, -0.1) is 0 Å². The van der Waals surface area contributed by atoms with Crippen molar-refractivity contribution in [2.24, 2.45) is 0 Å². The maximum Gasteiger partial charge on any atom is 0.0661 e. The lowest BCUT2D eigenvalue weighted by atomic mass is 10.1. The molecule has 0 saturated heterocycles. The standard InChI is InChI=1S/C14H22BrNO/c1-3-9-16-14(11-17-10-4-2)12-7-5-6-8-13(12)15/h5-8,14,16H,3-4,9-11H2,1-2H3. The van der Waals surface area contributed by atoms with Crippen molar-refractivity contribution in [2.45, 2.75) is 32.7 Å². The van der Waals surface area contributed by atoms with Gasteiger partial charge in [-0.1, -0.05) is 48.0 Å². The predicted octanol–water partition coefficient (Wildman–Crippen LogP) is 3.92. The van der Waals surface area contributed by atoms with Gasteiger partial charge in [0.1, 0.15) is 0 Å². The van der Waals surface area contributed by atoms with Crippen LogP contribution in [0.15, 0.2) is 28.7 Å². The lowest BCUT2D eigenvalue weighted by molar-refractivity contribution is 0.112. The van der Waals surface area contributed by atoms with Crippen molar-refractivity contribution in [3.8, 4) is 0 Å². The molecule has 0 saturated carbocycles. The average Bonchev–Trinajstić information content (AvgIpc) is 2.35. The van der Waals surface area contributed by atoms with E-state index >= 15 is 0 Å². The highest BCUT2D eigenvalue weighted by atomic mass is 79.9. The Labute approximate surface area is 113 Å². The second-order valence-corrected chi connectivity index (χ2v) is 4.96.